The zero-order valence-electron chi connectivity index (χ0n) is 15.3. The van der Waals surface area contributed by atoms with Crippen LogP contribution in [-0.2, 0) is 0 Å². The molecule has 142 valence electrons. The van der Waals surface area contributed by atoms with Gasteiger partial charge in [-0.05, 0) is 55.1 Å². The smallest absolute Gasteiger partial charge is 0.277 e. The number of aryl methyl sites for hydroxylation is 1. The van der Waals surface area contributed by atoms with Gasteiger partial charge < -0.3 is 15.7 Å². The maximum absolute atomic E-state index is 12.6. The van der Waals surface area contributed by atoms with Gasteiger partial charge in [0.25, 0.3) is 11.8 Å². The molecule has 0 atom stereocenters. The zero-order valence-corrected chi connectivity index (χ0v) is 16.1. The van der Waals surface area contributed by atoms with Crippen molar-refractivity contribution in [3.63, 3.8) is 0 Å². The molecule has 0 aliphatic carbocycles. The number of pyridine rings is 2. The first kappa shape index (κ1) is 19.4. The van der Waals surface area contributed by atoms with Gasteiger partial charge in [0, 0.05) is 17.3 Å². The summed E-state index contributed by atoms with van der Waals surface area (Å²) in [6.45, 7) is 1.89. The minimum Gasteiger partial charge on any atom is -0.507 e. The summed E-state index contributed by atoms with van der Waals surface area (Å²) < 4.78 is 0. The number of carbonyl (C=O) groups is 2. The molecule has 0 saturated heterocycles. The van der Waals surface area contributed by atoms with Crippen molar-refractivity contribution in [1.82, 2.24) is 9.97 Å². The number of hydrogen-bond acceptors (Lipinski definition) is 6. The first-order valence-electron chi connectivity index (χ1n) is 8.35. The van der Waals surface area contributed by atoms with Crippen LogP contribution >= 0.6 is 11.8 Å². The number of benzene rings is 1. The Kier molecular flexibility index (Phi) is 5.90. The molecular formula is C20H18N4O3S. The summed E-state index contributed by atoms with van der Waals surface area (Å²) >= 11 is 1.45. The Morgan fingerprint density at radius 1 is 1.04 bits per heavy atom. The molecular weight excluding hydrogens is 376 g/mol. The first-order chi connectivity index (χ1) is 13.5. The van der Waals surface area contributed by atoms with E-state index in [9.17, 15) is 14.7 Å². The van der Waals surface area contributed by atoms with Gasteiger partial charge in [-0.1, -0.05) is 6.07 Å². The van der Waals surface area contributed by atoms with E-state index in [4.69, 9.17) is 0 Å². The highest BCUT2D eigenvalue weighted by molar-refractivity contribution is 7.98. The molecule has 2 heterocycles. The molecule has 0 saturated carbocycles. The maximum Gasteiger partial charge on any atom is 0.277 e. The second kappa shape index (κ2) is 8.53. The Labute approximate surface area is 166 Å². The van der Waals surface area contributed by atoms with Crippen LogP contribution in [0.25, 0.3) is 0 Å². The van der Waals surface area contributed by atoms with Crippen LogP contribution in [0.15, 0.2) is 59.8 Å². The van der Waals surface area contributed by atoms with Gasteiger partial charge in [-0.25, -0.2) is 9.97 Å². The van der Waals surface area contributed by atoms with Crippen molar-refractivity contribution in [3.8, 4) is 5.75 Å². The molecule has 0 spiro atoms. The zero-order chi connectivity index (χ0) is 20.1. The van der Waals surface area contributed by atoms with Crippen molar-refractivity contribution in [1.29, 1.82) is 0 Å². The van der Waals surface area contributed by atoms with E-state index in [1.165, 1.54) is 30.1 Å². The number of hydrogen-bond donors (Lipinski definition) is 3. The van der Waals surface area contributed by atoms with Crippen molar-refractivity contribution in [2.75, 3.05) is 16.9 Å². The van der Waals surface area contributed by atoms with Crippen LogP contribution in [0.3, 0.4) is 0 Å². The fraction of sp³-hybridized carbons (Fsp3) is 0.100. The highest BCUT2D eigenvalue weighted by atomic mass is 32.2. The summed E-state index contributed by atoms with van der Waals surface area (Å²) in [5.74, 6) is -0.804. The van der Waals surface area contributed by atoms with Gasteiger partial charge in [-0.15, -0.1) is 11.8 Å². The molecule has 2 amide bonds. The molecule has 0 radical (unpaired) electrons. The number of carbonyl (C=O) groups excluding carboxylic acids is 2. The third kappa shape index (κ3) is 4.47. The SMILES string of the molecule is CSc1ccc(C(=O)Nc2cccnc2C(=O)Nc2ccc(C)cn2)c(O)c1. The normalized spacial score (nSPS) is 10.4. The highest BCUT2D eigenvalue weighted by Gasteiger charge is 2.18. The van der Waals surface area contributed by atoms with E-state index >= 15 is 0 Å². The molecule has 7 nitrogen and oxygen atoms in total. The van der Waals surface area contributed by atoms with Crippen LogP contribution in [0.2, 0.25) is 0 Å². The molecule has 28 heavy (non-hydrogen) atoms. The Balaban J connectivity index is 1.81. The fourth-order valence-corrected chi connectivity index (χ4v) is 2.86. The van der Waals surface area contributed by atoms with Crippen molar-refractivity contribution in [3.05, 3.63) is 71.7 Å². The molecule has 3 rings (SSSR count). The van der Waals surface area contributed by atoms with Crippen LogP contribution in [0.4, 0.5) is 11.5 Å². The summed E-state index contributed by atoms with van der Waals surface area (Å²) in [4.78, 5) is 34.2. The molecule has 0 aliphatic heterocycles. The van der Waals surface area contributed by atoms with Gasteiger partial charge in [0.15, 0.2) is 5.69 Å². The molecule has 0 aliphatic rings. The number of anilines is 2. The Morgan fingerprint density at radius 3 is 2.54 bits per heavy atom. The van der Waals surface area contributed by atoms with Crippen molar-refractivity contribution < 1.29 is 14.7 Å². The summed E-state index contributed by atoms with van der Waals surface area (Å²) in [7, 11) is 0. The summed E-state index contributed by atoms with van der Waals surface area (Å²) in [5.41, 5.74) is 1.34. The van der Waals surface area contributed by atoms with E-state index in [2.05, 4.69) is 20.6 Å². The molecule has 0 unspecified atom stereocenters. The summed E-state index contributed by atoms with van der Waals surface area (Å²) in [6, 6.07) is 11.5. The van der Waals surface area contributed by atoms with Gasteiger partial charge in [0.05, 0.1) is 11.3 Å². The second-order valence-corrected chi connectivity index (χ2v) is 6.79. The monoisotopic (exact) mass is 394 g/mol. The number of phenolic OH excluding ortho intramolecular Hbond substituents is 1. The number of aromatic hydroxyl groups is 1. The molecule has 8 heteroatoms. The average Bonchev–Trinajstić information content (AvgIpc) is 2.69. The van der Waals surface area contributed by atoms with Crippen molar-refractivity contribution >= 4 is 35.1 Å². The van der Waals surface area contributed by atoms with Crippen LogP contribution in [0, 0.1) is 6.92 Å². The molecule has 3 aromatic rings. The number of thioether (sulfide) groups is 1. The standard InChI is InChI=1S/C20H18N4O3S/c1-12-5-8-17(22-11-12)24-20(27)18-15(4-3-9-21-18)23-19(26)14-7-6-13(28-2)10-16(14)25/h3-11,25H,1-2H3,(H,23,26)(H,22,24,27). The molecule has 1 aromatic carbocycles. The quantitative estimate of drug-likeness (QED) is 0.570. The first-order valence-corrected chi connectivity index (χ1v) is 9.58. The van der Waals surface area contributed by atoms with Crippen molar-refractivity contribution in [2.24, 2.45) is 0 Å². The van der Waals surface area contributed by atoms with Gasteiger partial charge >= 0.3 is 0 Å². The molecule has 2 aromatic heterocycles. The third-order valence-corrected chi connectivity index (χ3v) is 4.60. The maximum atomic E-state index is 12.6. The number of rotatable bonds is 5. The van der Waals surface area contributed by atoms with E-state index in [1.54, 1.807) is 30.5 Å². The van der Waals surface area contributed by atoms with Crippen LogP contribution < -0.4 is 10.6 Å². The predicted molar refractivity (Wildman–Crippen MR) is 109 cm³/mol. The fourth-order valence-electron chi connectivity index (χ4n) is 2.42. The summed E-state index contributed by atoms with van der Waals surface area (Å²) in [5, 5.41) is 15.4. The number of nitrogens with one attached hydrogen (secondary N) is 2. The van der Waals surface area contributed by atoms with Gasteiger partial charge in [-0.2, -0.15) is 0 Å². The lowest BCUT2D eigenvalue weighted by atomic mass is 10.1. The van der Waals surface area contributed by atoms with Crippen LogP contribution in [0.5, 0.6) is 5.75 Å². The Bertz CT molecular complexity index is 1020. The number of nitrogens with zero attached hydrogens (tertiary/aromatic N) is 2. The Hall–Kier alpha value is -3.39. The minimum absolute atomic E-state index is 0.0402. The number of phenols is 1. The highest BCUT2D eigenvalue weighted by Crippen LogP contribution is 2.25. The van der Waals surface area contributed by atoms with Crippen LogP contribution in [-0.4, -0.2) is 33.1 Å². The number of aromatic nitrogens is 2. The summed E-state index contributed by atoms with van der Waals surface area (Å²) in [6.07, 6.45) is 4.97. The second-order valence-electron chi connectivity index (χ2n) is 5.91. The minimum atomic E-state index is -0.541. The van der Waals surface area contributed by atoms with E-state index in [0.717, 1.165) is 10.5 Å². The lowest BCUT2D eigenvalue weighted by Gasteiger charge is -2.11. The molecule has 0 bridgehead atoms. The predicted octanol–water partition coefficient (Wildman–Crippen LogP) is 3.72. The Morgan fingerprint density at radius 2 is 1.86 bits per heavy atom. The van der Waals surface area contributed by atoms with E-state index < -0.39 is 11.8 Å². The van der Waals surface area contributed by atoms with Crippen LogP contribution in [0.1, 0.15) is 26.4 Å². The molecule has 3 N–H and O–H groups in total. The third-order valence-electron chi connectivity index (χ3n) is 3.87. The molecule has 0 fully saturated rings. The number of amides is 2. The largest absolute Gasteiger partial charge is 0.507 e. The lowest BCUT2D eigenvalue weighted by Crippen LogP contribution is -2.20. The van der Waals surface area contributed by atoms with E-state index in [0.29, 0.717) is 5.82 Å². The van der Waals surface area contributed by atoms with Gasteiger partial charge in [0.1, 0.15) is 11.6 Å². The van der Waals surface area contributed by atoms with E-state index in [1.807, 2.05) is 19.2 Å². The van der Waals surface area contributed by atoms with Gasteiger partial charge in [-0.3, -0.25) is 9.59 Å². The lowest BCUT2D eigenvalue weighted by molar-refractivity contribution is 0.102. The topological polar surface area (TPSA) is 104 Å². The van der Waals surface area contributed by atoms with Gasteiger partial charge in [0.2, 0.25) is 0 Å². The van der Waals surface area contributed by atoms with E-state index in [-0.39, 0.29) is 22.7 Å². The average molecular weight is 394 g/mol. The van der Waals surface area contributed by atoms with Crippen molar-refractivity contribution in [2.45, 2.75) is 11.8 Å².